The lowest BCUT2D eigenvalue weighted by atomic mass is 10.1. The van der Waals surface area contributed by atoms with E-state index >= 15 is 0 Å². The van der Waals surface area contributed by atoms with Gasteiger partial charge in [0.25, 0.3) is 5.91 Å². The average Bonchev–Trinajstić information content (AvgIpc) is 3.20. The Bertz CT molecular complexity index is 698. The quantitative estimate of drug-likeness (QED) is 0.850. The highest BCUT2D eigenvalue weighted by molar-refractivity contribution is 7.14. The van der Waals surface area contributed by atoms with Crippen LogP contribution in [0.25, 0.3) is 0 Å². The van der Waals surface area contributed by atoms with Crippen molar-refractivity contribution in [3.05, 3.63) is 39.3 Å². The third-order valence-electron chi connectivity index (χ3n) is 4.63. The van der Waals surface area contributed by atoms with Gasteiger partial charge in [0.1, 0.15) is 0 Å². The van der Waals surface area contributed by atoms with E-state index in [-0.39, 0.29) is 5.91 Å². The van der Waals surface area contributed by atoms with Crippen molar-refractivity contribution in [3.63, 3.8) is 0 Å². The van der Waals surface area contributed by atoms with Gasteiger partial charge in [-0.1, -0.05) is 0 Å². The number of hydrogen-bond donors (Lipinski definition) is 0. The molecule has 122 valence electrons. The molecular weight excluding hydrogens is 310 g/mol. The molecule has 2 aliphatic rings. The van der Waals surface area contributed by atoms with Gasteiger partial charge < -0.3 is 9.64 Å². The number of thiophene rings is 1. The molecule has 1 unspecified atom stereocenters. The Labute approximate surface area is 139 Å². The van der Waals surface area contributed by atoms with Gasteiger partial charge in [-0.25, -0.2) is 0 Å². The number of nitrogens with zero attached hydrogens (tertiary/aromatic N) is 3. The third kappa shape index (κ3) is 2.93. The molecule has 2 aliphatic heterocycles. The lowest BCUT2D eigenvalue weighted by molar-refractivity contribution is 0.0677. The Balaban J connectivity index is 1.50. The molecule has 5 nitrogen and oxygen atoms in total. The van der Waals surface area contributed by atoms with Crippen LogP contribution in [0.3, 0.4) is 0 Å². The predicted molar refractivity (Wildman–Crippen MR) is 88.8 cm³/mol. The first-order chi connectivity index (χ1) is 11.2. The van der Waals surface area contributed by atoms with Gasteiger partial charge in [0.15, 0.2) is 0 Å². The minimum absolute atomic E-state index is 0.165. The number of piperidine rings is 1. The molecular formula is C17H21N3O2S. The van der Waals surface area contributed by atoms with Gasteiger partial charge in [-0.05, 0) is 37.0 Å². The molecule has 0 saturated carbocycles. The van der Waals surface area contributed by atoms with Crippen molar-refractivity contribution in [3.8, 4) is 0 Å². The Morgan fingerprint density at radius 1 is 1.48 bits per heavy atom. The molecule has 1 atom stereocenters. The third-order valence-corrected chi connectivity index (χ3v) is 5.85. The fraction of sp³-hybridized carbons (Fsp3) is 0.529. The smallest absolute Gasteiger partial charge is 0.264 e. The molecule has 4 heterocycles. The second kappa shape index (κ2) is 6.09. The summed E-state index contributed by atoms with van der Waals surface area (Å²) < 4.78 is 7.50. The van der Waals surface area contributed by atoms with Crippen LogP contribution in [0.2, 0.25) is 0 Å². The van der Waals surface area contributed by atoms with E-state index in [1.54, 1.807) is 11.3 Å². The minimum atomic E-state index is 0.165. The number of carbonyl (C=O) groups is 1. The summed E-state index contributed by atoms with van der Waals surface area (Å²) in [6.45, 7) is 5.06. The monoisotopic (exact) mass is 331 g/mol. The van der Waals surface area contributed by atoms with E-state index in [9.17, 15) is 4.79 Å². The van der Waals surface area contributed by atoms with Crippen LogP contribution in [0.5, 0.6) is 0 Å². The van der Waals surface area contributed by atoms with Crippen LogP contribution in [0.1, 0.15) is 44.6 Å². The summed E-state index contributed by atoms with van der Waals surface area (Å²) in [6, 6.07) is 2.32. The van der Waals surface area contributed by atoms with Crippen molar-refractivity contribution in [2.75, 3.05) is 19.7 Å². The van der Waals surface area contributed by atoms with E-state index in [0.717, 1.165) is 43.8 Å². The Hall–Kier alpha value is -1.66. The second-order valence-electron chi connectivity index (χ2n) is 6.41. The first-order valence-electron chi connectivity index (χ1n) is 8.20. The van der Waals surface area contributed by atoms with E-state index in [4.69, 9.17) is 4.74 Å². The van der Waals surface area contributed by atoms with Gasteiger partial charge in [0.05, 0.1) is 30.3 Å². The van der Waals surface area contributed by atoms with Crippen LogP contribution in [0.4, 0.5) is 0 Å². The lowest BCUT2D eigenvalue weighted by Crippen LogP contribution is -2.40. The van der Waals surface area contributed by atoms with E-state index < -0.39 is 0 Å². The van der Waals surface area contributed by atoms with Crippen molar-refractivity contribution < 1.29 is 9.53 Å². The highest BCUT2D eigenvalue weighted by atomic mass is 32.1. The summed E-state index contributed by atoms with van der Waals surface area (Å²) in [5, 5.41) is 4.42. The Morgan fingerprint density at radius 3 is 3.17 bits per heavy atom. The van der Waals surface area contributed by atoms with Crippen molar-refractivity contribution in [1.82, 2.24) is 14.7 Å². The number of hydrogen-bond acceptors (Lipinski definition) is 4. The number of carbonyl (C=O) groups excluding carboxylic acids is 1. The van der Waals surface area contributed by atoms with E-state index in [2.05, 4.69) is 11.3 Å². The zero-order chi connectivity index (χ0) is 15.8. The minimum Gasteiger partial charge on any atom is -0.376 e. The van der Waals surface area contributed by atoms with E-state index in [1.807, 2.05) is 28.8 Å². The van der Waals surface area contributed by atoms with Gasteiger partial charge in [0.2, 0.25) is 0 Å². The molecule has 23 heavy (non-hydrogen) atoms. The van der Waals surface area contributed by atoms with Crippen molar-refractivity contribution in [2.45, 2.75) is 38.8 Å². The highest BCUT2D eigenvalue weighted by Crippen LogP contribution is 2.29. The summed E-state index contributed by atoms with van der Waals surface area (Å²) in [5.74, 6) is 0.165. The number of aromatic nitrogens is 2. The Morgan fingerprint density at radius 2 is 2.39 bits per heavy atom. The molecule has 4 rings (SSSR count). The molecule has 0 radical (unpaired) electrons. The predicted octanol–water partition coefficient (Wildman–Crippen LogP) is 2.80. The van der Waals surface area contributed by atoms with Crippen LogP contribution in [-0.4, -0.2) is 40.3 Å². The number of ether oxygens (including phenoxy) is 1. The maximum atomic E-state index is 12.9. The van der Waals surface area contributed by atoms with Gasteiger partial charge in [0, 0.05) is 30.6 Å². The summed E-state index contributed by atoms with van der Waals surface area (Å²) in [5.41, 5.74) is 2.36. The van der Waals surface area contributed by atoms with Crippen molar-refractivity contribution in [1.29, 1.82) is 0 Å². The van der Waals surface area contributed by atoms with Gasteiger partial charge in [-0.3, -0.25) is 9.48 Å². The molecule has 0 aromatic carbocycles. The SMILES string of the molecule is Cc1cnn(C2CCCN(C(=O)c3cc4c(s3)CCOC4)C2)c1. The van der Waals surface area contributed by atoms with Crippen LogP contribution in [0, 0.1) is 6.92 Å². The standard InChI is InChI=1S/C17H21N3O2S/c1-12-8-18-20(9-12)14-3-2-5-19(10-14)17(21)16-7-13-11-22-6-4-15(13)23-16/h7-9,14H,2-6,10-11H2,1H3. The maximum absolute atomic E-state index is 12.9. The van der Waals surface area contributed by atoms with E-state index in [1.165, 1.54) is 16.0 Å². The lowest BCUT2D eigenvalue weighted by Gasteiger charge is -2.32. The molecule has 1 saturated heterocycles. The van der Waals surface area contributed by atoms with Crippen LogP contribution < -0.4 is 0 Å². The summed E-state index contributed by atoms with van der Waals surface area (Å²) in [6.07, 6.45) is 7.00. The van der Waals surface area contributed by atoms with Crippen molar-refractivity contribution >= 4 is 17.2 Å². The van der Waals surface area contributed by atoms with Gasteiger partial charge in [-0.2, -0.15) is 5.10 Å². The number of likely N-dealkylation sites (tertiary alicyclic amines) is 1. The largest absolute Gasteiger partial charge is 0.376 e. The number of fused-ring (bicyclic) bond motifs is 1. The fourth-order valence-electron chi connectivity index (χ4n) is 3.40. The first-order valence-corrected chi connectivity index (χ1v) is 9.02. The van der Waals surface area contributed by atoms with Crippen LogP contribution in [-0.2, 0) is 17.8 Å². The molecule has 1 amide bonds. The van der Waals surface area contributed by atoms with Crippen molar-refractivity contribution in [2.24, 2.45) is 0 Å². The number of rotatable bonds is 2. The summed E-state index contributed by atoms with van der Waals surface area (Å²) in [4.78, 5) is 17.0. The zero-order valence-electron chi connectivity index (χ0n) is 13.3. The molecule has 0 spiro atoms. The van der Waals surface area contributed by atoms with Gasteiger partial charge in [-0.15, -0.1) is 11.3 Å². The molecule has 2 aromatic rings. The average molecular weight is 331 g/mol. The van der Waals surface area contributed by atoms with Crippen LogP contribution in [0.15, 0.2) is 18.5 Å². The highest BCUT2D eigenvalue weighted by Gasteiger charge is 2.28. The topological polar surface area (TPSA) is 47.4 Å². The van der Waals surface area contributed by atoms with Crippen LogP contribution >= 0.6 is 11.3 Å². The maximum Gasteiger partial charge on any atom is 0.264 e. The number of aryl methyl sites for hydroxylation is 1. The molecule has 6 heteroatoms. The fourth-order valence-corrected chi connectivity index (χ4v) is 4.51. The molecule has 1 fully saturated rings. The van der Waals surface area contributed by atoms with E-state index in [0.29, 0.717) is 12.6 Å². The zero-order valence-corrected chi connectivity index (χ0v) is 14.1. The second-order valence-corrected chi connectivity index (χ2v) is 7.54. The summed E-state index contributed by atoms with van der Waals surface area (Å²) in [7, 11) is 0. The molecule has 0 N–H and O–H groups in total. The Kier molecular flexibility index (Phi) is 3.95. The summed E-state index contributed by atoms with van der Waals surface area (Å²) >= 11 is 1.64. The number of amides is 1. The first kappa shape index (κ1) is 14.9. The van der Waals surface area contributed by atoms with Gasteiger partial charge >= 0.3 is 0 Å². The molecule has 0 aliphatic carbocycles. The normalized spacial score (nSPS) is 21.3. The molecule has 2 aromatic heterocycles. The molecule has 0 bridgehead atoms.